The van der Waals surface area contributed by atoms with Gasteiger partial charge in [-0.25, -0.2) is 9.78 Å². The first-order valence-corrected chi connectivity index (χ1v) is 4.16. The first-order valence-electron chi connectivity index (χ1n) is 2.94. The minimum Gasteiger partial charge on any atom is -0.259 e. The van der Waals surface area contributed by atoms with E-state index in [0.717, 1.165) is 0 Å². The average molecular weight is 170 g/mol. The smallest absolute Gasteiger partial charge is 0.259 e. The zero-order valence-electron chi connectivity index (χ0n) is 5.96. The van der Waals surface area contributed by atoms with Crippen LogP contribution in [0.25, 0.3) is 0 Å². The summed E-state index contributed by atoms with van der Waals surface area (Å²) in [6, 6.07) is 0. The molecule has 0 rings (SSSR count). The van der Waals surface area contributed by atoms with E-state index in [1.807, 2.05) is 0 Å². The van der Waals surface area contributed by atoms with Crippen LogP contribution in [0.15, 0.2) is 0 Å². The fourth-order valence-corrected chi connectivity index (χ4v) is 0.684. The summed E-state index contributed by atoms with van der Waals surface area (Å²) < 4.78 is 18.8. The lowest BCUT2D eigenvalue weighted by atomic mass is 10.9. The average Bonchev–Trinajstić information content (AvgIpc) is 1.97. The van der Waals surface area contributed by atoms with E-state index in [9.17, 15) is 4.57 Å². The predicted molar refractivity (Wildman–Crippen MR) is 34.4 cm³/mol. The van der Waals surface area contributed by atoms with Crippen molar-refractivity contribution in [1.29, 1.82) is 0 Å². The Morgan fingerprint density at radius 1 is 1.10 bits per heavy atom. The molecule has 0 aliphatic carbocycles. The molecule has 0 heterocycles. The summed E-state index contributed by atoms with van der Waals surface area (Å²) in [6.07, 6.45) is 0. The quantitative estimate of drug-likeness (QED) is 0.341. The molecule has 0 amide bonds. The lowest BCUT2D eigenvalue weighted by Gasteiger charge is -2.00. The molecular weight excluding hydrogens is 159 g/mol. The van der Waals surface area contributed by atoms with Gasteiger partial charge in [-0.2, -0.15) is 0 Å². The minimum atomic E-state index is -2.61. The van der Waals surface area contributed by atoms with Crippen LogP contribution in [0, 0.1) is 0 Å². The van der Waals surface area contributed by atoms with Crippen molar-refractivity contribution < 1.29 is 23.7 Å². The van der Waals surface area contributed by atoms with Crippen molar-refractivity contribution in [1.82, 2.24) is 0 Å². The molecular formula is C4H11O5P. The summed E-state index contributed by atoms with van der Waals surface area (Å²) in [6.45, 7) is 4.06. The Bertz CT molecular complexity index is 85.6. The molecule has 0 atom stereocenters. The maximum absolute atomic E-state index is 10.5. The minimum absolute atomic E-state index is 0.325. The van der Waals surface area contributed by atoms with Gasteiger partial charge in [-0.3, -0.25) is 4.57 Å². The molecule has 0 saturated heterocycles. The van der Waals surface area contributed by atoms with Gasteiger partial charge in [0.05, 0.1) is 13.2 Å². The maximum Gasteiger partial charge on any atom is 0.373 e. The van der Waals surface area contributed by atoms with Crippen LogP contribution in [0.1, 0.15) is 13.8 Å². The lowest BCUT2D eigenvalue weighted by Crippen LogP contribution is -1.89. The molecule has 0 aliphatic rings. The van der Waals surface area contributed by atoms with Crippen LogP contribution in [0.4, 0.5) is 0 Å². The van der Waals surface area contributed by atoms with E-state index < -0.39 is 8.25 Å². The molecule has 5 nitrogen and oxygen atoms in total. The largest absolute Gasteiger partial charge is 0.373 e. The molecule has 0 spiro atoms. The van der Waals surface area contributed by atoms with Gasteiger partial charge in [-0.1, -0.05) is 0 Å². The first kappa shape index (κ1) is 10.1. The fourth-order valence-electron chi connectivity index (χ4n) is 0.228. The van der Waals surface area contributed by atoms with Crippen LogP contribution in [-0.4, -0.2) is 13.2 Å². The number of hydrogen-bond acceptors (Lipinski definition) is 5. The van der Waals surface area contributed by atoms with Crippen LogP contribution in [0.2, 0.25) is 0 Å². The molecule has 0 radical (unpaired) electrons. The second-order valence-corrected chi connectivity index (χ2v) is 2.06. The molecule has 0 bridgehead atoms. The van der Waals surface area contributed by atoms with Crippen molar-refractivity contribution in [2.24, 2.45) is 0 Å². The van der Waals surface area contributed by atoms with E-state index in [1.165, 1.54) is 0 Å². The van der Waals surface area contributed by atoms with Crippen molar-refractivity contribution in [2.75, 3.05) is 13.2 Å². The Kier molecular flexibility index (Phi) is 7.23. The van der Waals surface area contributed by atoms with Crippen molar-refractivity contribution in [3.8, 4) is 0 Å². The highest BCUT2D eigenvalue weighted by Crippen LogP contribution is 2.23. The topological polar surface area (TPSA) is 54.0 Å². The van der Waals surface area contributed by atoms with Gasteiger partial charge in [0.2, 0.25) is 0 Å². The van der Waals surface area contributed by atoms with Gasteiger partial charge in [0.1, 0.15) is 0 Å². The summed E-state index contributed by atoms with van der Waals surface area (Å²) in [5, 5.41) is 0. The molecule has 0 aromatic carbocycles. The molecule has 0 unspecified atom stereocenters. The van der Waals surface area contributed by atoms with Gasteiger partial charge in [0.25, 0.3) is 0 Å². The molecule has 62 valence electrons. The normalized spacial score (nSPS) is 10.7. The van der Waals surface area contributed by atoms with Gasteiger partial charge in [-0.05, 0) is 13.8 Å². The zero-order chi connectivity index (χ0) is 7.82. The fraction of sp³-hybridized carbons (Fsp3) is 1.00. The van der Waals surface area contributed by atoms with Gasteiger partial charge in [0, 0.05) is 0 Å². The summed E-state index contributed by atoms with van der Waals surface area (Å²) in [4.78, 5) is 8.64. The third-order valence-corrected chi connectivity index (χ3v) is 0.998. The Balaban J connectivity index is 3.09. The summed E-state index contributed by atoms with van der Waals surface area (Å²) in [7, 11) is -2.61. The third-order valence-electron chi connectivity index (χ3n) is 0.490. The predicted octanol–water partition coefficient (Wildman–Crippen LogP) is 1.31. The highest BCUT2D eigenvalue weighted by Gasteiger charge is 1.98. The Labute approximate surface area is 60.0 Å². The zero-order valence-corrected chi connectivity index (χ0v) is 6.96. The molecule has 0 aliphatic heterocycles. The van der Waals surface area contributed by atoms with E-state index in [2.05, 4.69) is 19.1 Å². The van der Waals surface area contributed by atoms with Crippen molar-refractivity contribution in [2.45, 2.75) is 13.8 Å². The van der Waals surface area contributed by atoms with Crippen LogP contribution in [0.5, 0.6) is 0 Å². The summed E-state index contributed by atoms with van der Waals surface area (Å²) in [5.41, 5.74) is 0. The maximum atomic E-state index is 10.5. The Morgan fingerprint density at radius 3 is 1.80 bits per heavy atom. The number of hydrogen-bond donors (Lipinski definition) is 0. The molecule has 0 fully saturated rings. The highest BCUT2D eigenvalue weighted by atomic mass is 31.1. The van der Waals surface area contributed by atoms with Crippen LogP contribution in [-0.2, 0) is 23.7 Å². The Hall–Kier alpha value is 0.0700. The van der Waals surface area contributed by atoms with Gasteiger partial charge < -0.3 is 0 Å². The SMILES string of the molecule is CCOO[PH](=O)OOCC. The van der Waals surface area contributed by atoms with Gasteiger partial charge in [0.15, 0.2) is 0 Å². The van der Waals surface area contributed by atoms with Crippen molar-refractivity contribution in [3.63, 3.8) is 0 Å². The second-order valence-electron chi connectivity index (χ2n) is 1.23. The van der Waals surface area contributed by atoms with Crippen LogP contribution < -0.4 is 0 Å². The third kappa shape index (κ3) is 6.19. The standard InChI is InChI=1S/C4H11O5P/c1-3-6-8-10(5)9-7-4-2/h10H,3-4H2,1-2H3. The molecule has 6 heteroatoms. The lowest BCUT2D eigenvalue weighted by molar-refractivity contribution is -0.255. The second kappa shape index (κ2) is 7.18. The monoisotopic (exact) mass is 170 g/mol. The summed E-state index contributed by atoms with van der Waals surface area (Å²) >= 11 is 0. The molecule has 0 saturated carbocycles. The number of rotatable bonds is 6. The van der Waals surface area contributed by atoms with E-state index in [-0.39, 0.29) is 0 Å². The van der Waals surface area contributed by atoms with Crippen LogP contribution in [0.3, 0.4) is 0 Å². The summed E-state index contributed by atoms with van der Waals surface area (Å²) in [5.74, 6) is 0. The Morgan fingerprint density at radius 2 is 1.50 bits per heavy atom. The molecule has 0 aromatic rings. The van der Waals surface area contributed by atoms with Crippen LogP contribution >= 0.6 is 8.25 Å². The van der Waals surface area contributed by atoms with E-state index in [1.54, 1.807) is 13.8 Å². The van der Waals surface area contributed by atoms with Crippen molar-refractivity contribution >= 4 is 8.25 Å². The van der Waals surface area contributed by atoms with E-state index >= 15 is 0 Å². The highest BCUT2D eigenvalue weighted by molar-refractivity contribution is 7.32. The molecule has 0 aromatic heterocycles. The van der Waals surface area contributed by atoms with Gasteiger partial charge >= 0.3 is 8.25 Å². The molecule has 0 N–H and O–H groups in total. The van der Waals surface area contributed by atoms with E-state index in [0.29, 0.717) is 13.2 Å². The van der Waals surface area contributed by atoms with E-state index in [4.69, 9.17) is 0 Å². The van der Waals surface area contributed by atoms with Crippen molar-refractivity contribution in [3.05, 3.63) is 0 Å². The molecule has 10 heavy (non-hydrogen) atoms. The first-order chi connectivity index (χ1) is 4.81. The van der Waals surface area contributed by atoms with Gasteiger partial charge in [-0.15, -0.1) is 9.35 Å².